The zero-order valence-corrected chi connectivity index (χ0v) is 21.7. The zero-order chi connectivity index (χ0) is 26.1. The average Bonchev–Trinajstić information content (AvgIpc) is 2.87. The highest BCUT2D eigenvalue weighted by Gasteiger charge is 2.49. The van der Waals surface area contributed by atoms with Crippen molar-refractivity contribution < 1.29 is 28.6 Å². The molecule has 1 N–H and O–H groups in total. The number of rotatable bonds is 5. The van der Waals surface area contributed by atoms with Crippen molar-refractivity contribution in [2.75, 3.05) is 21.3 Å². The molecule has 0 amide bonds. The minimum Gasteiger partial charge on any atom is -0.497 e. The van der Waals surface area contributed by atoms with E-state index in [1.807, 2.05) is 12.1 Å². The highest BCUT2D eigenvalue weighted by atomic mass is 35.5. The van der Waals surface area contributed by atoms with Gasteiger partial charge < -0.3 is 19.5 Å². The Morgan fingerprint density at radius 3 is 2.28 bits per heavy atom. The van der Waals surface area contributed by atoms with Crippen LogP contribution in [0.4, 0.5) is 0 Å². The van der Waals surface area contributed by atoms with Crippen LogP contribution < -0.4 is 10.1 Å². The number of hydrogen-bond donors (Lipinski definition) is 1. The summed E-state index contributed by atoms with van der Waals surface area (Å²) in [7, 11) is 4.09. The lowest BCUT2D eigenvalue weighted by Gasteiger charge is -2.39. The number of hydrogen-bond acceptors (Lipinski definition) is 7. The average molecular weight is 530 g/mol. The number of dihydropyridines is 1. The van der Waals surface area contributed by atoms with Gasteiger partial charge in [0.15, 0.2) is 5.78 Å². The van der Waals surface area contributed by atoms with Crippen LogP contribution in [-0.2, 0) is 23.9 Å². The van der Waals surface area contributed by atoms with Gasteiger partial charge in [0.25, 0.3) is 0 Å². The second-order valence-corrected chi connectivity index (χ2v) is 9.44. The van der Waals surface area contributed by atoms with E-state index >= 15 is 0 Å². The third-order valence-corrected chi connectivity index (χ3v) is 7.26. The van der Waals surface area contributed by atoms with Crippen molar-refractivity contribution in [2.45, 2.75) is 25.2 Å². The highest BCUT2D eigenvalue weighted by molar-refractivity contribution is 6.35. The molecule has 0 saturated carbocycles. The first kappa shape index (κ1) is 25.8. The van der Waals surface area contributed by atoms with E-state index in [0.29, 0.717) is 34.2 Å². The molecule has 188 valence electrons. The lowest BCUT2D eigenvalue weighted by Crippen LogP contribution is -2.43. The van der Waals surface area contributed by atoms with Crippen LogP contribution in [-0.4, -0.2) is 39.1 Å². The largest absolute Gasteiger partial charge is 0.497 e. The fourth-order valence-electron chi connectivity index (χ4n) is 5.02. The molecule has 2 aliphatic rings. The molecule has 2 aromatic rings. The van der Waals surface area contributed by atoms with E-state index in [9.17, 15) is 14.4 Å². The fraction of sp³-hybridized carbons (Fsp3) is 0.296. The Morgan fingerprint density at radius 2 is 1.69 bits per heavy atom. The lowest BCUT2D eigenvalue weighted by molar-refractivity contribution is -0.150. The second-order valence-electron chi connectivity index (χ2n) is 8.60. The molecule has 1 aliphatic carbocycles. The summed E-state index contributed by atoms with van der Waals surface area (Å²) >= 11 is 12.7. The molecule has 9 heteroatoms. The molecule has 2 aromatic carbocycles. The van der Waals surface area contributed by atoms with Crippen molar-refractivity contribution in [3.05, 3.63) is 86.2 Å². The maximum Gasteiger partial charge on any atom is 0.336 e. The fourth-order valence-corrected chi connectivity index (χ4v) is 5.54. The predicted molar refractivity (Wildman–Crippen MR) is 135 cm³/mol. The first-order valence-corrected chi connectivity index (χ1v) is 12.0. The van der Waals surface area contributed by atoms with Gasteiger partial charge in [-0.1, -0.05) is 41.4 Å². The standard InChI is InChI=1S/C27H25Cl2NO6/c1-13-21(26(32)35-3)22(17-10-7-15(28)11-19(17)29)24-20(30-13)12-18(23(25(24)31)27(33)36-4)14-5-8-16(34-2)9-6-14/h5-11,18,22-23,30H,12H2,1-4H3. The number of nitrogens with one attached hydrogen (secondary N) is 1. The summed E-state index contributed by atoms with van der Waals surface area (Å²) in [6, 6.07) is 12.1. The molecule has 0 saturated heterocycles. The second kappa shape index (κ2) is 10.4. The van der Waals surface area contributed by atoms with Crippen LogP contribution in [0.25, 0.3) is 0 Å². The number of allylic oxidation sites excluding steroid dienone is 3. The molecule has 0 radical (unpaired) electrons. The van der Waals surface area contributed by atoms with Gasteiger partial charge in [0.05, 0.1) is 26.9 Å². The summed E-state index contributed by atoms with van der Waals surface area (Å²) in [5.74, 6) is -3.51. The summed E-state index contributed by atoms with van der Waals surface area (Å²) < 4.78 is 15.4. The molecule has 0 bridgehead atoms. The van der Waals surface area contributed by atoms with E-state index in [-0.39, 0.29) is 16.2 Å². The van der Waals surface area contributed by atoms with Gasteiger partial charge in [0.1, 0.15) is 11.7 Å². The number of benzene rings is 2. The maximum absolute atomic E-state index is 14.1. The van der Waals surface area contributed by atoms with Gasteiger partial charge in [-0.2, -0.15) is 0 Å². The molecule has 36 heavy (non-hydrogen) atoms. The van der Waals surface area contributed by atoms with Gasteiger partial charge in [-0.15, -0.1) is 0 Å². The molecule has 0 fully saturated rings. The third kappa shape index (κ3) is 4.49. The van der Waals surface area contributed by atoms with E-state index in [4.69, 9.17) is 37.4 Å². The number of carbonyl (C=O) groups excluding carboxylic acids is 3. The Labute approximate surface area is 219 Å². The van der Waals surface area contributed by atoms with E-state index in [1.54, 1.807) is 44.4 Å². The Bertz CT molecular complexity index is 1300. The zero-order valence-electron chi connectivity index (χ0n) is 20.2. The summed E-state index contributed by atoms with van der Waals surface area (Å²) in [6.45, 7) is 1.74. The Morgan fingerprint density at radius 1 is 1.00 bits per heavy atom. The van der Waals surface area contributed by atoms with Crippen molar-refractivity contribution in [3.63, 3.8) is 0 Å². The number of esters is 2. The summed E-state index contributed by atoms with van der Waals surface area (Å²) in [5, 5.41) is 3.93. The highest BCUT2D eigenvalue weighted by Crippen LogP contribution is 2.49. The first-order chi connectivity index (χ1) is 17.2. The SMILES string of the molecule is COC(=O)C1=C(C)NC2=C(C(=O)C(C(=O)OC)C(c3ccc(OC)cc3)C2)C1c1ccc(Cl)cc1Cl. The molecule has 1 aliphatic heterocycles. The smallest absolute Gasteiger partial charge is 0.336 e. The van der Waals surface area contributed by atoms with Gasteiger partial charge in [-0.25, -0.2) is 4.79 Å². The van der Waals surface area contributed by atoms with Crippen LogP contribution in [0.1, 0.15) is 36.3 Å². The van der Waals surface area contributed by atoms with E-state index in [0.717, 1.165) is 5.56 Å². The van der Waals surface area contributed by atoms with Crippen molar-refractivity contribution in [1.82, 2.24) is 5.32 Å². The van der Waals surface area contributed by atoms with Crippen LogP contribution in [0, 0.1) is 5.92 Å². The van der Waals surface area contributed by atoms with E-state index in [2.05, 4.69) is 5.32 Å². The molecule has 0 spiro atoms. The minimum atomic E-state index is -1.12. The number of ketones is 1. The summed E-state index contributed by atoms with van der Waals surface area (Å²) in [6.07, 6.45) is 0.334. The van der Waals surface area contributed by atoms with Gasteiger partial charge in [-0.3, -0.25) is 9.59 Å². The molecular formula is C27H25Cl2NO6. The third-order valence-electron chi connectivity index (χ3n) is 6.70. The Kier molecular flexibility index (Phi) is 7.43. The van der Waals surface area contributed by atoms with Crippen LogP contribution in [0.15, 0.2) is 65.0 Å². The van der Waals surface area contributed by atoms with Gasteiger partial charge in [0.2, 0.25) is 0 Å². The van der Waals surface area contributed by atoms with Crippen LogP contribution in [0.5, 0.6) is 5.75 Å². The topological polar surface area (TPSA) is 90.9 Å². The summed E-state index contributed by atoms with van der Waals surface area (Å²) in [5.41, 5.74) is 2.96. The maximum atomic E-state index is 14.1. The van der Waals surface area contributed by atoms with Crippen molar-refractivity contribution in [1.29, 1.82) is 0 Å². The Hall–Kier alpha value is -3.29. The van der Waals surface area contributed by atoms with Crippen LogP contribution in [0.2, 0.25) is 10.0 Å². The van der Waals surface area contributed by atoms with Crippen LogP contribution >= 0.6 is 23.2 Å². The predicted octanol–water partition coefficient (Wildman–Crippen LogP) is 4.94. The first-order valence-electron chi connectivity index (χ1n) is 11.2. The molecule has 0 aromatic heterocycles. The molecule has 3 unspecified atom stereocenters. The Balaban J connectivity index is 1.91. The number of ether oxygens (including phenoxy) is 3. The van der Waals surface area contributed by atoms with Gasteiger partial charge in [-0.05, 0) is 48.7 Å². The lowest BCUT2D eigenvalue weighted by atomic mass is 9.67. The molecule has 1 heterocycles. The quantitative estimate of drug-likeness (QED) is 0.433. The van der Waals surface area contributed by atoms with Crippen LogP contribution in [0.3, 0.4) is 0 Å². The normalized spacial score (nSPS) is 21.5. The van der Waals surface area contributed by atoms with E-state index < -0.39 is 35.5 Å². The van der Waals surface area contributed by atoms with Gasteiger partial charge in [0, 0.05) is 38.8 Å². The molecule has 4 rings (SSSR count). The van der Waals surface area contributed by atoms with Gasteiger partial charge >= 0.3 is 11.9 Å². The van der Waals surface area contributed by atoms with Crippen molar-refractivity contribution in [3.8, 4) is 5.75 Å². The molecule has 7 nitrogen and oxygen atoms in total. The monoisotopic (exact) mass is 529 g/mol. The summed E-state index contributed by atoms with van der Waals surface area (Å²) in [4.78, 5) is 40.0. The molecule has 3 atom stereocenters. The number of halogens is 2. The number of methoxy groups -OCH3 is 3. The minimum absolute atomic E-state index is 0.236. The number of Topliss-reactive ketones (excluding diaryl/α,β-unsaturated/α-hetero) is 1. The van der Waals surface area contributed by atoms with E-state index in [1.165, 1.54) is 14.2 Å². The van der Waals surface area contributed by atoms with Crippen molar-refractivity contribution in [2.24, 2.45) is 5.92 Å². The van der Waals surface area contributed by atoms with Crippen molar-refractivity contribution >= 4 is 40.9 Å². The number of carbonyl (C=O) groups is 3. The molecular weight excluding hydrogens is 505 g/mol.